The fourth-order valence-electron chi connectivity index (χ4n) is 3.13. The van der Waals surface area contributed by atoms with E-state index in [-0.39, 0.29) is 18.1 Å². The first kappa shape index (κ1) is 20.9. The first-order valence-corrected chi connectivity index (χ1v) is 11.0. The number of ether oxygens (including phenoxy) is 1. The summed E-state index contributed by atoms with van der Waals surface area (Å²) in [5.41, 5.74) is 2.29. The number of rotatable bonds is 7. The van der Waals surface area contributed by atoms with Gasteiger partial charge in [0.05, 0.1) is 45.4 Å². The molecule has 1 aromatic heterocycles. The zero-order valence-electron chi connectivity index (χ0n) is 16.1. The van der Waals surface area contributed by atoms with E-state index in [0.29, 0.717) is 26.7 Å². The molecule has 0 spiro atoms. The van der Waals surface area contributed by atoms with Crippen LogP contribution in [-0.2, 0) is 9.53 Å². The number of nitrogens with zero attached hydrogens (tertiary/aromatic N) is 1. The highest BCUT2D eigenvalue weighted by Gasteiger charge is 2.35. The van der Waals surface area contributed by atoms with Gasteiger partial charge in [-0.25, -0.2) is 4.79 Å². The third-order valence-electron chi connectivity index (χ3n) is 4.42. The topological polar surface area (TPSA) is 79.2 Å². The molecule has 2 aromatic rings. The molecule has 7 heteroatoms. The number of esters is 1. The highest BCUT2D eigenvalue weighted by atomic mass is 32.2. The normalized spacial score (nSPS) is 16.2. The van der Waals surface area contributed by atoms with Crippen molar-refractivity contribution in [3.8, 4) is 6.07 Å². The average molecular weight is 425 g/mol. The average Bonchev–Trinajstić information content (AvgIpc) is 3.27. The minimum absolute atomic E-state index is 0.00525. The second kappa shape index (κ2) is 9.59. The lowest BCUT2D eigenvalue weighted by molar-refractivity contribution is -0.138. The lowest BCUT2D eigenvalue weighted by atomic mass is 9.82. The first-order chi connectivity index (χ1) is 14.1. The third kappa shape index (κ3) is 4.61. The van der Waals surface area contributed by atoms with Crippen LogP contribution in [0.5, 0.6) is 0 Å². The molecule has 0 radical (unpaired) electrons. The van der Waals surface area contributed by atoms with E-state index < -0.39 is 11.9 Å². The molecule has 0 aliphatic carbocycles. The molecule has 0 bridgehead atoms. The molecule has 29 heavy (non-hydrogen) atoms. The Balaban J connectivity index is 1.97. The second-order valence-electron chi connectivity index (χ2n) is 6.27. The van der Waals surface area contributed by atoms with Gasteiger partial charge in [-0.15, -0.1) is 11.3 Å². The first-order valence-electron chi connectivity index (χ1n) is 9.10. The van der Waals surface area contributed by atoms with Gasteiger partial charge in [0.2, 0.25) is 0 Å². The number of ketones is 1. The molecule has 1 aliphatic heterocycles. The molecule has 1 aromatic carbocycles. The molecule has 0 unspecified atom stereocenters. The summed E-state index contributed by atoms with van der Waals surface area (Å²) in [7, 11) is 0. The van der Waals surface area contributed by atoms with Gasteiger partial charge in [0.25, 0.3) is 0 Å². The van der Waals surface area contributed by atoms with Crippen LogP contribution >= 0.6 is 23.1 Å². The number of carbonyl (C=O) groups excluding carboxylic acids is 2. The van der Waals surface area contributed by atoms with Crippen LogP contribution in [0.25, 0.3) is 0 Å². The van der Waals surface area contributed by atoms with Gasteiger partial charge in [-0.05, 0) is 30.9 Å². The lowest BCUT2D eigenvalue weighted by Crippen LogP contribution is -2.29. The number of thiophene rings is 1. The largest absolute Gasteiger partial charge is 0.463 e. The summed E-state index contributed by atoms with van der Waals surface area (Å²) in [5, 5.41) is 15.6. The van der Waals surface area contributed by atoms with Crippen LogP contribution in [0.2, 0.25) is 0 Å². The van der Waals surface area contributed by atoms with Crippen LogP contribution in [0, 0.1) is 11.3 Å². The number of nitriles is 1. The predicted molar refractivity (Wildman–Crippen MR) is 115 cm³/mol. The summed E-state index contributed by atoms with van der Waals surface area (Å²) in [5.74, 6) is -0.776. The zero-order valence-corrected chi connectivity index (χ0v) is 17.7. The van der Waals surface area contributed by atoms with Crippen molar-refractivity contribution in [2.24, 2.45) is 0 Å². The maximum Gasteiger partial charge on any atom is 0.336 e. The van der Waals surface area contributed by atoms with Gasteiger partial charge in [-0.3, -0.25) is 4.79 Å². The minimum Gasteiger partial charge on any atom is -0.463 e. The molecule has 2 heterocycles. The van der Waals surface area contributed by atoms with Crippen LogP contribution in [0.15, 0.2) is 69.7 Å². The van der Waals surface area contributed by atoms with E-state index in [9.17, 15) is 14.9 Å². The summed E-state index contributed by atoms with van der Waals surface area (Å²) in [6, 6.07) is 15.3. The van der Waals surface area contributed by atoms with Crippen LogP contribution in [0.1, 0.15) is 35.0 Å². The molecule has 5 nitrogen and oxygen atoms in total. The number of hydrogen-bond donors (Lipinski definition) is 1. The van der Waals surface area contributed by atoms with E-state index in [2.05, 4.69) is 11.4 Å². The van der Waals surface area contributed by atoms with Crippen molar-refractivity contribution in [2.75, 3.05) is 12.4 Å². The Kier molecular flexibility index (Phi) is 6.91. The number of dihydropyridines is 1. The molecule has 1 atom stereocenters. The number of nitrogens with one attached hydrogen (secondary N) is 1. The van der Waals surface area contributed by atoms with Crippen molar-refractivity contribution in [3.63, 3.8) is 0 Å². The van der Waals surface area contributed by atoms with E-state index >= 15 is 0 Å². The number of hydrogen-bond acceptors (Lipinski definition) is 7. The molecule has 148 valence electrons. The fraction of sp³-hybridized carbons (Fsp3) is 0.227. The summed E-state index contributed by atoms with van der Waals surface area (Å²) < 4.78 is 5.25. The molecule has 0 fully saturated rings. The van der Waals surface area contributed by atoms with Gasteiger partial charge < -0.3 is 10.1 Å². The molecular weight excluding hydrogens is 404 g/mol. The molecule has 0 amide bonds. The quantitative estimate of drug-likeness (QED) is 0.516. The van der Waals surface area contributed by atoms with E-state index in [1.54, 1.807) is 19.9 Å². The third-order valence-corrected chi connectivity index (χ3v) is 6.35. The maximum atomic E-state index is 12.7. The standard InChI is InChI=1S/C22H20N2O3S2/c1-3-27-22(26)19-14(2)24-21(29-13-17(25)18-10-7-11-28-18)16(12-23)20(19)15-8-5-4-6-9-15/h4-11,20,24H,3,13H2,1-2H3/t20-/m1/s1. The van der Waals surface area contributed by atoms with Gasteiger partial charge in [-0.2, -0.15) is 5.26 Å². The SMILES string of the molecule is CCOC(=O)C1=C(C)NC(SCC(=O)c2cccs2)=C(C#N)[C@H]1c1ccccc1. The van der Waals surface area contributed by atoms with E-state index in [1.165, 1.54) is 23.1 Å². The Morgan fingerprint density at radius 2 is 2.00 bits per heavy atom. The molecule has 1 N–H and O–H groups in total. The Morgan fingerprint density at radius 1 is 1.24 bits per heavy atom. The monoisotopic (exact) mass is 424 g/mol. The van der Waals surface area contributed by atoms with Crippen molar-refractivity contribution in [3.05, 3.63) is 80.2 Å². The Morgan fingerprint density at radius 3 is 2.62 bits per heavy atom. The number of carbonyl (C=O) groups is 2. The summed E-state index contributed by atoms with van der Waals surface area (Å²) >= 11 is 2.68. The Labute approximate surface area is 178 Å². The van der Waals surface area contributed by atoms with E-state index in [0.717, 1.165) is 5.56 Å². The number of Topliss-reactive ketones (excluding diaryl/α,β-unsaturated/α-hetero) is 1. The van der Waals surface area contributed by atoms with Crippen molar-refractivity contribution in [1.82, 2.24) is 5.32 Å². The number of allylic oxidation sites excluding steroid dienone is 2. The van der Waals surface area contributed by atoms with Gasteiger partial charge in [0.1, 0.15) is 0 Å². The highest BCUT2D eigenvalue weighted by molar-refractivity contribution is 8.03. The van der Waals surface area contributed by atoms with Gasteiger partial charge in [0, 0.05) is 5.70 Å². The van der Waals surface area contributed by atoms with Crippen molar-refractivity contribution in [2.45, 2.75) is 19.8 Å². The Hall–Kier alpha value is -2.82. The minimum atomic E-state index is -0.541. The smallest absolute Gasteiger partial charge is 0.336 e. The van der Waals surface area contributed by atoms with Gasteiger partial charge in [-0.1, -0.05) is 48.2 Å². The summed E-state index contributed by atoms with van der Waals surface area (Å²) in [4.78, 5) is 25.8. The maximum absolute atomic E-state index is 12.7. The number of thioether (sulfide) groups is 1. The van der Waals surface area contributed by atoms with Crippen LogP contribution < -0.4 is 5.32 Å². The van der Waals surface area contributed by atoms with Crippen molar-refractivity contribution >= 4 is 34.9 Å². The molecular formula is C22H20N2O3S2. The molecule has 3 rings (SSSR count). The van der Waals surface area contributed by atoms with Gasteiger partial charge in [0.15, 0.2) is 5.78 Å². The number of benzene rings is 1. The molecule has 0 saturated heterocycles. The van der Waals surface area contributed by atoms with Crippen molar-refractivity contribution < 1.29 is 14.3 Å². The van der Waals surface area contributed by atoms with Crippen LogP contribution in [0.3, 0.4) is 0 Å². The van der Waals surface area contributed by atoms with E-state index in [1.807, 2.05) is 41.8 Å². The van der Waals surface area contributed by atoms with Crippen LogP contribution in [0.4, 0.5) is 0 Å². The Bertz CT molecular complexity index is 1000. The van der Waals surface area contributed by atoms with Crippen molar-refractivity contribution in [1.29, 1.82) is 5.26 Å². The molecule has 1 aliphatic rings. The molecule has 0 saturated carbocycles. The van der Waals surface area contributed by atoms with Gasteiger partial charge >= 0.3 is 5.97 Å². The lowest BCUT2D eigenvalue weighted by Gasteiger charge is -2.29. The van der Waals surface area contributed by atoms with E-state index in [4.69, 9.17) is 4.74 Å². The zero-order chi connectivity index (χ0) is 20.8. The summed E-state index contributed by atoms with van der Waals surface area (Å²) in [6.45, 7) is 3.79. The van der Waals surface area contributed by atoms with Crippen LogP contribution in [-0.4, -0.2) is 24.1 Å². The fourth-order valence-corrected chi connectivity index (χ4v) is 4.86. The predicted octanol–water partition coefficient (Wildman–Crippen LogP) is 4.62. The highest BCUT2D eigenvalue weighted by Crippen LogP contribution is 2.41. The second-order valence-corrected chi connectivity index (χ2v) is 8.20. The summed E-state index contributed by atoms with van der Waals surface area (Å²) in [6.07, 6.45) is 0.